The average Bonchev–Trinajstić information content (AvgIpc) is 3.57. The highest BCUT2D eigenvalue weighted by Gasteiger charge is 2.28. The third kappa shape index (κ3) is 10.3. The predicted molar refractivity (Wildman–Crippen MR) is 341 cm³/mol. The van der Waals surface area contributed by atoms with Gasteiger partial charge in [-0.15, -0.1) is 0 Å². The molecule has 0 aromatic heterocycles. The first kappa shape index (κ1) is 49.8. The summed E-state index contributed by atoms with van der Waals surface area (Å²) in [7, 11) is 0. The molecule has 0 radical (unpaired) electrons. The van der Waals surface area contributed by atoms with Gasteiger partial charge in [-0.1, -0.05) is 280 Å². The van der Waals surface area contributed by atoms with Gasteiger partial charge < -0.3 is 10.6 Å². The Morgan fingerprint density at radius 1 is 0.200 bits per heavy atom. The van der Waals surface area contributed by atoms with Crippen molar-refractivity contribution in [1.82, 2.24) is 0 Å². The van der Waals surface area contributed by atoms with Crippen molar-refractivity contribution in [1.29, 1.82) is 0 Å². The van der Waals surface area contributed by atoms with Crippen molar-refractivity contribution < 1.29 is 0 Å². The third-order valence-corrected chi connectivity index (χ3v) is 16.1. The lowest BCUT2D eigenvalue weighted by Crippen LogP contribution is -2.41. The first-order valence-electron chi connectivity index (χ1n) is 28.3. The number of nitrogens with one attached hydrogen (secondary N) is 2. The van der Waals surface area contributed by atoms with Crippen molar-refractivity contribution in [3.05, 3.63) is 303 Å². The average molecular weight is 1030 g/mol. The van der Waals surface area contributed by atoms with Gasteiger partial charge >= 0.3 is 0 Å². The molecule has 0 amide bonds. The zero-order valence-electron chi connectivity index (χ0n) is 44.9. The lowest BCUT2D eigenvalue weighted by atomic mass is 9.79. The summed E-state index contributed by atoms with van der Waals surface area (Å²) in [5, 5.41) is 8.09. The highest BCUT2D eigenvalue weighted by atomic mass is 15.0. The maximum atomic E-state index is 4.04. The summed E-state index contributed by atoms with van der Waals surface area (Å²) in [6.07, 6.45) is 4.58. The summed E-state index contributed by atoms with van der Waals surface area (Å²) in [4.78, 5) is 0. The van der Waals surface area contributed by atoms with Gasteiger partial charge in [0.25, 0.3) is 0 Å². The maximum absolute atomic E-state index is 4.04. The number of rotatable bonds is 14. The van der Waals surface area contributed by atoms with Crippen LogP contribution in [0.1, 0.15) is 25.7 Å². The molecule has 1 fully saturated rings. The van der Waals surface area contributed by atoms with Crippen LogP contribution in [-0.4, -0.2) is 12.1 Å². The van der Waals surface area contributed by atoms with E-state index in [4.69, 9.17) is 0 Å². The van der Waals surface area contributed by atoms with Crippen LogP contribution in [0.15, 0.2) is 303 Å². The second-order valence-electron chi connectivity index (χ2n) is 21.1. The van der Waals surface area contributed by atoms with Crippen LogP contribution in [0.25, 0.3) is 111 Å². The fourth-order valence-corrected chi connectivity index (χ4v) is 12.3. The van der Waals surface area contributed by atoms with E-state index in [1.165, 1.54) is 124 Å². The highest BCUT2D eigenvalue weighted by Crippen LogP contribution is 2.52. The Labute approximate surface area is 471 Å². The van der Waals surface area contributed by atoms with Crippen LogP contribution in [0, 0.1) is 0 Å². The number of hydrogen-bond donors (Lipinski definition) is 2. The Bertz CT molecular complexity index is 3710. The van der Waals surface area contributed by atoms with E-state index in [9.17, 15) is 0 Å². The molecule has 80 heavy (non-hydrogen) atoms. The monoisotopic (exact) mass is 1030 g/mol. The standard InChI is InChI=1S/C78H62N2/c1-9-27-55(28-10-1)67-53-69(75(61-35-17-5-18-36-61)77(63-39-21-7-22-40-63)73(67)59-31-13-3-14-32-59)57-45-49-65(50-46-57)79-71-43-25-26-44-72(71)80-66-51-47-58(48-52-66)70-54-68(56-29-11-2-12-30-56)74(60-33-15-4-16-34-60)78(64-41-23-8-24-42-64)76(70)62-37-19-6-20-38-62/h1-24,27-42,45-54,71-72,79-80H,25-26,43-44H2/t71-,72?/m1/s1. The van der Waals surface area contributed by atoms with Gasteiger partial charge in [0.1, 0.15) is 0 Å². The molecule has 1 aliphatic rings. The van der Waals surface area contributed by atoms with Crippen molar-refractivity contribution in [3.8, 4) is 111 Å². The lowest BCUT2D eigenvalue weighted by Gasteiger charge is -2.34. The first-order valence-corrected chi connectivity index (χ1v) is 28.3. The smallest absolute Gasteiger partial charge is 0.0462 e. The molecule has 12 aromatic carbocycles. The molecule has 1 unspecified atom stereocenters. The number of hydrogen-bond acceptors (Lipinski definition) is 2. The molecule has 0 saturated heterocycles. The van der Waals surface area contributed by atoms with Crippen molar-refractivity contribution in [2.75, 3.05) is 10.6 Å². The normalized spacial score (nSPS) is 14.1. The molecule has 1 aliphatic carbocycles. The van der Waals surface area contributed by atoms with Gasteiger partial charge in [0.2, 0.25) is 0 Å². The summed E-state index contributed by atoms with van der Waals surface area (Å²) in [6.45, 7) is 0. The summed E-state index contributed by atoms with van der Waals surface area (Å²) < 4.78 is 0. The number of benzene rings is 12. The van der Waals surface area contributed by atoms with Gasteiger partial charge in [0.05, 0.1) is 0 Å². The van der Waals surface area contributed by atoms with Crippen molar-refractivity contribution in [3.63, 3.8) is 0 Å². The van der Waals surface area contributed by atoms with Crippen molar-refractivity contribution in [2.24, 2.45) is 0 Å². The van der Waals surface area contributed by atoms with Crippen molar-refractivity contribution >= 4 is 11.4 Å². The molecule has 0 bridgehead atoms. The Morgan fingerprint density at radius 2 is 0.400 bits per heavy atom. The van der Waals surface area contributed by atoms with E-state index in [0.29, 0.717) is 0 Å². The minimum Gasteiger partial charge on any atom is -0.380 e. The quantitative estimate of drug-likeness (QED) is 0.113. The topological polar surface area (TPSA) is 24.1 Å². The molecule has 2 heteroatoms. The van der Waals surface area contributed by atoms with Gasteiger partial charge in [-0.2, -0.15) is 0 Å². The summed E-state index contributed by atoms with van der Waals surface area (Å²) in [5.74, 6) is 0. The van der Waals surface area contributed by atoms with E-state index in [1.807, 2.05) is 0 Å². The fraction of sp³-hybridized carbons (Fsp3) is 0.0769. The second-order valence-corrected chi connectivity index (χ2v) is 21.1. The second kappa shape index (κ2) is 23.1. The van der Waals surface area contributed by atoms with E-state index in [2.05, 4.69) is 314 Å². The predicted octanol–water partition coefficient (Wildman–Crippen LogP) is 21.2. The van der Waals surface area contributed by atoms with E-state index in [1.54, 1.807) is 0 Å². The molecular weight excluding hydrogens is 965 g/mol. The molecule has 2 N–H and O–H groups in total. The third-order valence-electron chi connectivity index (χ3n) is 16.1. The Hall–Kier alpha value is -9.76. The van der Waals surface area contributed by atoms with Crippen molar-refractivity contribution in [2.45, 2.75) is 37.8 Å². The van der Waals surface area contributed by atoms with E-state index < -0.39 is 0 Å². The molecule has 2 atom stereocenters. The van der Waals surface area contributed by atoms with Gasteiger partial charge in [0, 0.05) is 23.5 Å². The summed E-state index contributed by atoms with van der Waals surface area (Å²) in [6, 6.07) is 111. The van der Waals surface area contributed by atoms with Crippen LogP contribution in [0.4, 0.5) is 11.4 Å². The van der Waals surface area contributed by atoms with Crippen LogP contribution in [0.3, 0.4) is 0 Å². The van der Waals surface area contributed by atoms with E-state index >= 15 is 0 Å². The van der Waals surface area contributed by atoms with Gasteiger partial charge in [-0.3, -0.25) is 0 Å². The van der Waals surface area contributed by atoms with Crippen LogP contribution in [0.5, 0.6) is 0 Å². The molecule has 2 nitrogen and oxygen atoms in total. The zero-order valence-corrected chi connectivity index (χ0v) is 44.9. The minimum absolute atomic E-state index is 0.255. The summed E-state index contributed by atoms with van der Waals surface area (Å²) in [5.41, 5.74) is 26.4. The minimum atomic E-state index is 0.255. The molecule has 0 aliphatic heterocycles. The molecule has 384 valence electrons. The van der Waals surface area contributed by atoms with E-state index in [-0.39, 0.29) is 12.1 Å². The fourth-order valence-electron chi connectivity index (χ4n) is 12.3. The summed E-state index contributed by atoms with van der Waals surface area (Å²) >= 11 is 0. The Balaban J connectivity index is 0.849. The van der Waals surface area contributed by atoms with Gasteiger partial charge in [-0.05, 0) is 161 Å². The Kier molecular flexibility index (Phi) is 14.4. The lowest BCUT2D eigenvalue weighted by molar-refractivity contribution is 0.424. The SMILES string of the molecule is c1ccc(-c2cc(-c3ccc(NC4CCCC[C@H]4Nc4ccc(-c5cc(-c6ccccc6)c(-c6ccccc6)c(-c6ccccc6)c5-c5ccccc5)cc4)cc3)c(-c3ccccc3)c(-c3ccccc3)c2-c2ccccc2)cc1. The van der Waals surface area contributed by atoms with E-state index in [0.717, 1.165) is 24.2 Å². The molecule has 0 heterocycles. The van der Waals surface area contributed by atoms with Crippen LogP contribution < -0.4 is 10.6 Å². The van der Waals surface area contributed by atoms with Gasteiger partial charge in [0.15, 0.2) is 0 Å². The zero-order chi connectivity index (χ0) is 53.5. The molecule has 12 aromatic rings. The van der Waals surface area contributed by atoms with Crippen LogP contribution in [-0.2, 0) is 0 Å². The maximum Gasteiger partial charge on any atom is 0.0462 e. The molecule has 13 rings (SSSR count). The highest BCUT2D eigenvalue weighted by molar-refractivity contribution is 6.09. The first-order chi connectivity index (χ1) is 39.7. The Morgan fingerprint density at radius 3 is 0.637 bits per heavy atom. The molecule has 0 spiro atoms. The van der Waals surface area contributed by atoms with Crippen LogP contribution in [0.2, 0.25) is 0 Å². The molecule has 1 saturated carbocycles. The number of anilines is 2. The van der Waals surface area contributed by atoms with Crippen LogP contribution >= 0.6 is 0 Å². The molecular formula is C78H62N2. The largest absolute Gasteiger partial charge is 0.380 e. The van der Waals surface area contributed by atoms with Gasteiger partial charge in [-0.25, -0.2) is 0 Å².